The maximum absolute atomic E-state index is 6.25. The summed E-state index contributed by atoms with van der Waals surface area (Å²) in [5.74, 6) is 0.610. The lowest BCUT2D eigenvalue weighted by molar-refractivity contribution is 0.545. The number of fused-ring (bicyclic) bond motifs is 3. The molecule has 0 N–H and O–H groups in total. The average molecular weight is 272 g/mol. The number of para-hydroxylation sites is 1. The molecule has 0 saturated carbocycles. The predicted molar refractivity (Wildman–Crippen MR) is 84.0 cm³/mol. The van der Waals surface area contributed by atoms with Crippen molar-refractivity contribution in [2.24, 2.45) is 5.92 Å². The SMILES string of the molecule is Cc1cc(Cl)cc2c1c1ccccc1n2CC(C)C. The van der Waals surface area contributed by atoms with Crippen LogP contribution < -0.4 is 0 Å². The van der Waals surface area contributed by atoms with Crippen molar-refractivity contribution in [2.75, 3.05) is 0 Å². The van der Waals surface area contributed by atoms with Crippen molar-refractivity contribution in [1.82, 2.24) is 4.57 Å². The lowest BCUT2D eigenvalue weighted by atomic mass is 10.1. The second kappa shape index (κ2) is 4.57. The molecule has 0 radical (unpaired) electrons. The lowest BCUT2D eigenvalue weighted by Gasteiger charge is -2.10. The highest BCUT2D eigenvalue weighted by Gasteiger charge is 2.13. The van der Waals surface area contributed by atoms with Gasteiger partial charge in [0.05, 0.1) is 5.52 Å². The molecular formula is C17H18ClN. The van der Waals surface area contributed by atoms with Gasteiger partial charge in [-0.05, 0) is 36.6 Å². The molecule has 0 bridgehead atoms. The Balaban J connectivity index is 2.48. The number of aryl methyl sites for hydroxylation is 1. The van der Waals surface area contributed by atoms with Crippen molar-refractivity contribution in [3.63, 3.8) is 0 Å². The smallest absolute Gasteiger partial charge is 0.0509 e. The van der Waals surface area contributed by atoms with Gasteiger partial charge in [-0.3, -0.25) is 0 Å². The van der Waals surface area contributed by atoms with Crippen LogP contribution in [0.15, 0.2) is 36.4 Å². The van der Waals surface area contributed by atoms with E-state index in [0.717, 1.165) is 11.6 Å². The highest BCUT2D eigenvalue weighted by atomic mass is 35.5. The zero-order valence-corrected chi connectivity index (χ0v) is 12.3. The molecule has 1 nitrogen and oxygen atoms in total. The van der Waals surface area contributed by atoms with E-state index in [1.165, 1.54) is 27.4 Å². The Bertz CT molecular complexity index is 753. The summed E-state index contributed by atoms with van der Waals surface area (Å²) in [5, 5.41) is 3.48. The zero-order valence-electron chi connectivity index (χ0n) is 11.6. The van der Waals surface area contributed by atoms with Gasteiger partial charge in [-0.25, -0.2) is 0 Å². The molecule has 0 aliphatic heterocycles. The molecule has 0 atom stereocenters. The van der Waals surface area contributed by atoms with E-state index in [1.807, 2.05) is 0 Å². The largest absolute Gasteiger partial charge is 0.340 e. The monoisotopic (exact) mass is 271 g/mol. The first-order valence-corrected chi connectivity index (χ1v) is 7.13. The van der Waals surface area contributed by atoms with E-state index in [1.54, 1.807) is 0 Å². The van der Waals surface area contributed by atoms with Crippen molar-refractivity contribution in [2.45, 2.75) is 27.3 Å². The third-order valence-corrected chi connectivity index (χ3v) is 3.80. The highest BCUT2D eigenvalue weighted by Crippen LogP contribution is 2.33. The first kappa shape index (κ1) is 12.6. The molecule has 0 spiro atoms. The second-order valence-corrected chi connectivity index (χ2v) is 6.07. The summed E-state index contributed by atoms with van der Waals surface area (Å²) in [6.07, 6.45) is 0. The molecule has 1 heterocycles. The third-order valence-electron chi connectivity index (χ3n) is 3.58. The number of aromatic nitrogens is 1. The number of benzene rings is 2. The molecule has 2 aromatic carbocycles. The Morgan fingerprint density at radius 2 is 1.84 bits per heavy atom. The fraction of sp³-hybridized carbons (Fsp3) is 0.294. The molecule has 2 heteroatoms. The number of rotatable bonds is 2. The molecule has 19 heavy (non-hydrogen) atoms. The molecule has 0 amide bonds. The van der Waals surface area contributed by atoms with E-state index in [0.29, 0.717) is 5.92 Å². The first-order valence-electron chi connectivity index (χ1n) is 6.75. The van der Waals surface area contributed by atoms with Crippen molar-refractivity contribution in [1.29, 1.82) is 0 Å². The van der Waals surface area contributed by atoms with Gasteiger partial charge in [-0.2, -0.15) is 0 Å². The van der Waals surface area contributed by atoms with Gasteiger partial charge in [0.15, 0.2) is 0 Å². The van der Waals surface area contributed by atoms with Gasteiger partial charge in [0.2, 0.25) is 0 Å². The van der Waals surface area contributed by atoms with Crippen LogP contribution in [0.2, 0.25) is 5.02 Å². The van der Waals surface area contributed by atoms with Gasteiger partial charge in [0.1, 0.15) is 0 Å². The minimum Gasteiger partial charge on any atom is -0.340 e. The maximum atomic E-state index is 6.25. The van der Waals surface area contributed by atoms with Gasteiger partial charge in [0, 0.05) is 27.9 Å². The Kier molecular flexibility index (Phi) is 3.02. The Hall–Kier alpha value is -1.47. The Morgan fingerprint density at radius 1 is 1.11 bits per heavy atom. The standard InChI is InChI=1S/C17H18ClN/c1-11(2)10-19-15-7-5-4-6-14(15)17-12(3)8-13(18)9-16(17)19/h4-9,11H,10H2,1-3H3. The van der Waals surface area contributed by atoms with E-state index in [-0.39, 0.29) is 0 Å². The average Bonchev–Trinajstić information content (AvgIpc) is 2.64. The fourth-order valence-electron chi connectivity index (χ4n) is 2.90. The summed E-state index contributed by atoms with van der Waals surface area (Å²) in [6, 6.07) is 12.8. The van der Waals surface area contributed by atoms with E-state index < -0.39 is 0 Å². The number of hydrogen-bond donors (Lipinski definition) is 0. The van der Waals surface area contributed by atoms with Gasteiger partial charge < -0.3 is 4.57 Å². The molecule has 0 fully saturated rings. The molecular weight excluding hydrogens is 254 g/mol. The van der Waals surface area contributed by atoms with Crippen LogP contribution in [0.3, 0.4) is 0 Å². The van der Waals surface area contributed by atoms with Crippen molar-refractivity contribution >= 4 is 33.4 Å². The summed E-state index contributed by atoms with van der Waals surface area (Å²) in [6.45, 7) is 7.65. The van der Waals surface area contributed by atoms with Crippen molar-refractivity contribution in [3.05, 3.63) is 47.0 Å². The minimum absolute atomic E-state index is 0.610. The van der Waals surface area contributed by atoms with Crippen LogP contribution in [0.25, 0.3) is 21.8 Å². The van der Waals surface area contributed by atoms with Gasteiger partial charge in [-0.1, -0.05) is 43.6 Å². The highest BCUT2D eigenvalue weighted by molar-refractivity contribution is 6.31. The van der Waals surface area contributed by atoms with Crippen LogP contribution in [-0.2, 0) is 6.54 Å². The van der Waals surface area contributed by atoms with E-state index >= 15 is 0 Å². The van der Waals surface area contributed by atoms with Crippen LogP contribution in [0.1, 0.15) is 19.4 Å². The second-order valence-electron chi connectivity index (χ2n) is 5.64. The van der Waals surface area contributed by atoms with Gasteiger partial charge in [-0.15, -0.1) is 0 Å². The lowest BCUT2D eigenvalue weighted by Crippen LogP contribution is -2.03. The van der Waals surface area contributed by atoms with Crippen LogP contribution in [0.4, 0.5) is 0 Å². The zero-order chi connectivity index (χ0) is 13.6. The molecule has 0 unspecified atom stereocenters. The summed E-state index contributed by atoms with van der Waals surface area (Å²) in [5.41, 5.74) is 3.80. The third kappa shape index (κ3) is 2.02. The molecule has 0 aliphatic rings. The molecule has 0 aliphatic carbocycles. The molecule has 3 aromatic rings. The fourth-order valence-corrected chi connectivity index (χ4v) is 3.17. The van der Waals surface area contributed by atoms with Gasteiger partial charge in [0.25, 0.3) is 0 Å². The summed E-state index contributed by atoms with van der Waals surface area (Å²) < 4.78 is 2.40. The van der Waals surface area contributed by atoms with Crippen LogP contribution >= 0.6 is 11.6 Å². The van der Waals surface area contributed by atoms with Crippen molar-refractivity contribution < 1.29 is 0 Å². The normalized spacial score (nSPS) is 11.8. The molecule has 1 aromatic heterocycles. The number of hydrogen-bond acceptors (Lipinski definition) is 0. The number of halogens is 1. The minimum atomic E-state index is 0.610. The summed E-state index contributed by atoms with van der Waals surface area (Å²) in [4.78, 5) is 0. The van der Waals surface area contributed by atoms with E-state index in [4.69, 9.17) is 11.6 Å². The first-order chi connectivity index (χ1) is 9.08. The summed E-state index contributed by atoms with van der Waals surface area (Å²) in [7, 11) is 0. The number of nitrogens with zero attached hydrogens (tertiary/aromatic N) is 1. The van der Waals surface area contributed by atoms with E-state index in [9.17, 15) is 0 Å². The quantitative estimate of drug-likeness (QED) is 0.587. The van der Waals surface area contributed by atoms with E-state index in [2.05, 4.69) is 61.7 Å². The molecule has 98 valence electrons. The van der Waals surface area contributed by atoms with Crippen LogP contribution in [0.5, 0.6) is 0 Å². The predicted octanol–water partition coefficient (Wildman–Crippen LogP) is 5.41. The topological polar surface area (TPSA) is 4.93 Å². The van der Waals surface area contributed by atoms with Crippen molar-refractivity contribution in [3.8, 4) is 0 Å². The molecule has 3 rings (SSSR count). The van der Waals surface area contributed by atoms with Crippen LogP contribution in [0, 0.1) is 12.8 Å². The van der Waals surface area contributed by atoms with Gasteiger partial charge >= 0.3 is 0 Å². The summed E-state index contributed by atoms with van der Waals surface area (Å²) >= 11 is 6.25. The maximum Gasteiger partial charge on any atom is 0.0509 e. The Morgan fingerprint density at radius 3 is 2.58 bits per heavy atom. The van der Waals surface area contributed by atoms with Crippen LogP contribution in [-0.4, -0.2) is 4.57 Å². The molecule has 0 saturated heterocycles. The Labute approximate surface area is 118 Å².